The van der Waals surface area contributed by atoms with Gasteiger partial charge in [0.2, 0.25) is 0 Å². The van der Waals surface area contributed by atoms with E-state index in [0.717, 1.165) is 27.8 Å². The van der Waals surface area contributed by atoms with Crippen molar-refractivity contribution in [3.8, 4) is 45.3 Å². The Morgan fingerprint density at radius 3 is 1.80 bits per heavy atom. The van der Waals surface area contributed by atoms with Gasteiger partial charge in [0.15, 0.2) is 17.5 Å². The highest BCUT2D eigenvalue weighted by molar-refractivity contribution is 7.26. The van der Waals surface area contributed by atoms with Crippen molar-refractivity contribution in [1.82, 2.24) is 15.0 Å². The first-order valence-electron chi connectivity index (χ1n) is 15.0. The predicted molar refractivity (Wildman–Crippen MR) is 189 cm³/mol. The van der Waals surface area contributed by atoms with E-state index in [0.29, 0.717) is 17.5 Å². The van der Waals surface area contributed by atoms with Crippen LogP contribution < -0.4 is 0 Å². The van der Waals surface area contributed by atoms with E-state index in [4.69, 9.17) is 15.0 Å². The minimum atomic E-state index is 0.659. The summed E-state index contributed by atoms with van der Waals surface area (Å²) in [5.74, 6) is 1.98. The average molecular weight is 592 g/mol. The molecule has 4 heteroatoms. The van der Waals surface area contributed by atoms with Crippen molar-refractivity contribution in [3.63, 3.8) is 0 Å². The van der Waals surface area contributed by atoms with Gasteiger partial charge in [-0.05, 0) is 33.4 Å². The highest BCUT2D eigenvalue weighted by atomic mass is 32.1. The van der Waals surface area contributed by atoms with E-state index in [1.807, 2.05) is 41.7 Å². The van der Waals surface area contributed by atoms with Gasteiger partial charge in [0.1, 0.15) is 0 Å². The summed E-state index contributed by atoms with van der Waals surface area (Å²) in [5, 5.41) is 7.67. The van der Waals surface area contributed by atoms with Gasteiger partial charge in [-0.2, -0.15) is 0 Å². The molecule has 0 atom stereocenters. The van der Waals surface area contributed by atoms with Gasteiger partial charge in [-0.15, -0.1) is 11.3 Å². The number of hydrogen-bond acceptors (Lipinski definition) is 4. The van der Waals surface area contributed by atoms with Crippen molar-refractivity contribution in [2.45, 2.75) is 0 Å². The highest BCUT2D eigenvalue weighted by Gasteiger charge is 2.17. The molecule has 7 aromatic carbocycles. The molecule has 0 aliphatic rings. The van der Waals surface area contributed by atoms with E-state index in [9.17, 15) is 0 Å². The lowest BCUT2D eigenvalue weighted by atomic mass is 9.99. The Morgan fingerprint density at radius 1 is 0.378 bits per heavy atom. The van der Waals surface area contributed by atoms with Crippen molar-refractivity contribution >= 4 is 53.1 Å². The van der Waals surface area contributed by atoms with Crippen LogP contribution >= 0.6 is 11.3 Å². The van der Waals surface area contributed by atoms with Gasteiger partial charge in [0.05, 0.1) is 0 Å². The summed E-state index contributed by atoms with van der Waals surface area (Å²) in [4.78, 5) is 15.2. The molecule has 210 valence electrons. The molecule has 0 radical (unpaired) electrons. The number of benzene rings is 7. The van der Waals surface area contributed by atoms with Crippen molar-refractivity contribution in [1.29, 1.82) is 0 Å². The summed E-state index contributed by atoms with van der Waals surface area (Å²) in [6.07, 6.45) is 0. The fraction of sp³-hybridized carbons (Fsp3) is 0. The molecule has 0 saturated carbocycles. The molecule has 2 heterocycles. The Bertz CT molecular complexity index is 2540. The van der Waals surface area contributed by atoms with Crippen molar-refractivity contribution in [2.24, 2.45) is 0 Å². The Kier molecular flexibility index (Phi) is 6.00. The van der Waals surface area contributed by atoms with Gasteiger partial charge in [0, 0.05) is 42.2 Å². The fourth-order valence-electron chi connectivity index (χ4n) is 6.35. The van der Waals surface area contributed by atoms with Gasteiger partial charge in [-0.3, -0.25) is 0 Å². The lowest BCUT2D eigenvalue weighted by molar-refractivity contribution is 1.07. The standard InChI is InChI=1S/C41H25N3S/c1-3-11-26(12-4-1)31-16-9-10-18-35(31)41-43-39(29-14-5-2-6-15-29)42-40(44-41)30-22-23-33-34-24-21-28-20-19-27-13-7-8-17-32(27)37(28)38(34)45-36(33)25-30/h1-25H. The third kappa shape index (κ3) is 4.38. The molecule has 9 aromatic rings. The third-order valence-corrected chi connectivity index (χ3v) is 9.71. The van der Waals surface area contributed by atoms with Crippen LogP contribution in [0.15, 0.2) is 152 Å². The minimum absolute atomic E-state index is 0.659. The van der Waals surface area contributed by atoms with Gasteiger partial charge in [-0.1, -0.05) is 146 Å². The molecule has 0 N–H and O–H groups in total. The van der Waals surface area contributed by atoms with E-state index < -0.39 is 0 Å². The molecule has 9 rings (SSSR count). The summed E-state index contributed by atoms with van der Waals surface area (Å²) in [5.41, 5.74) is 5.13. The largest absolute Gasteiger partial charge is 0.208 e. The summed E-state index contributed by atoms with van der Waals surface area (Å²) < 4.78 is 2.53. The summed E-state index contributed by atoms with van der Waals surface area (Å²) in [7, 11) is 0. The molecule has 0 fully saturated rings. The summed E-state index contributed by atoms with van der Waals surface area (Å²) in [6.45, 7) is 0. The van der Waals surface area contributed by atoms with Crippen LogP contribution in [-0.2, 0) is 0 Å². The number of aromatic nitrogens is 3. The van der Waals surface area contributed by atoms with Crippen molar-refractivity contribution in [3.05, 3.63) is 152 Å². The monoisotopic (exact) mass is 591 g/mol. The smallest absolute Gasteiger partial charge is 0.164 e. The first-order chi connectivity index (χ1) is 22.3. The van der Waals surface area contributed by atoms with E-state index in [-0.39, 0.29) is 0 Å². The Balaban J connectivity index is 1.26. The number of hydrogen-bond donors (Lipinski definition) is 0. The van der Waals surface area contributed by atoms with Gasteiger partial charge >= 0.3 is 0 Å². The molecule has 0 amide bonds. The number of thiophene rings is 1. The van der Waals surface area contributed by atoms with Crippen LogP contribution in [0.25, 0.3) is 87.0 Å². The molecule has 0 bridgehead atoms. The minimum Gasteiger partial charge on any atom is -0.208 e. The van der Waals surface area contributed by atoms with Gasteiger partial charge in [0.25, 0.3) is 0 Å². The molecule has 2 aromatic heterocycles. The second kappa shape index (κ2) is 10.5. The first-order valence-corrected chi connectivity index (χ1v) is 15.9. The van der Waals surface area contributed by atoms with Crippen molar-refractivity contribution in [2.75, 3.05) is 0 Å². The Labute approximate surface area is 264 Å². The zero-order chi connectivity index (χ0) is 29.7. The second-order valence-electron chi connectivity index (χ2n) is 11.2. The van der Waals surface area contributed by atoms with Crippen LogP contribution in [0.3, 0.4) is 0 Å². The molecule has 0 unspecified atom stereocenters. The predicted octanol–water partition coefficient (Wildman–Crippen LogP) is 11.2. The third-order valence-electron chi connectivity index (χ3n) is 8.52. The highest BCUT2D eigenvalue weighted by Crippen LogP contribution is 2.42. The molecule has 0 aliphatic carbocycles. The number of fused-ring (bicyclic) bond motifs is 7. The molecule has 45 heavy (non-hydrogen) atoms. The summed E-state index contributed by atoms with van der Waals surface area (Å²) >= 11 is 1.84. The van der Waals surface area contributed by atoms with Crippen molar-refractivity contribution < 1.29 is 0 Å². The lowest BCUT2D eigenvalue weighted by Crippen LogP contribution is -2.01. The lowest BCUT2D eigenvalue weighted by Gasteiger charge is -2.12. The molecule has 3 nitrogen and oxygen atoms in total. The van der Waals surface area contributed by atoms with E-state index in [1.54, 1.807) is 0 Å². The van der Waals surface area contributed by atoms with Gasteiger partial charge in [-0.25, -0.2) is 15.0 Å². The fourth-order valence-corrected chi connectivity index (χ4v) is 7.66. The molecule has 0 saturated heterocycles. The number of nitrogens with zero attached hydrogens (tertiary/aromatic N) is 3. The normalized spacial score (nSPS) is 11.6. The van der Waals surface area contributed by atoms with Crippen LogP contribution in [0.4, 0.5) is 0 Å². The average Bonchev–Trinajstić information content (AvgIpc) is 3.50. The molecule has 0 aliphatic heterocycles. The maximum atomic E-state index is 5.12. The van der Waals surface area contributed by atoms with Crippen LogP contribution in [-0.4, -0.2) is 15.0 Å². The van der Waals surface area contributed by atoms with E-state index >= 15 is 0 Å². The quantitative estimate of drug-likeness (QED) is 0.191. The maximum absolute atomic E-state index is 5.12. The van der Waals surface area contributed by atoms with Crippen LogP contribution in [0, 0.1) is 0 Å². The van der Waals surface area contributed by atoms with Crippen LogP contribution in [0.1, 0.15) is 0 Å². The molecular formula is C41H25N3S. The second-order valence-corrected chi connectivity index (χ2v) is 12.3. The van der Waals surface area contributed by atoms with E-state index in [2.05, 4.69) is 121 Å². The maximum Gasteiger partial charge on any atom is 0.164 e. The van der Waals surface area contributed by atoms with Crippen LogP contribution in [0.2, 0.25) is 0 Å². The SMILES string of the molecule is c1ccc(-c2nc(-c3ccc4c(c3)sc3c4ccc4ccc5ccccc5c43)nc(-c3ccccc3-c3ccccc3)n2)cc1. The topological polar surface area (TPSA) is 38.7 Å². The molecule has 0 spiro atoms. The Hall–Kier alpha value is -5.71. The zero-order valence-electron chi connectivity index (χ0n) is 24.2. The van der Waals surface area contributed by atoms with Gasteiger partial charge < -0.3 is 0 Å². The molecular weight excluding hydrogens is 567 g/mol. The van der Waals surface area contributed by atoms with Crippen LogP contribution in [0.5, 0.6) is 0 Å². The first kappa shape index (κ1) is 25.8. The zero-order valence-corrected chi connectivity index (χ0v) is 25.0. The number of rotatable bonds is 4. The Morgan fingerprint density at radius 2 is 0.978 bits per heavy atom. The summed E-state index contributed by atoms with van der Waals surface area (Å²) in [6, 6.07) is 53.2. The van der Waals surface area contributed by atoms with E-state index in [1.165, 1.54) is 41.7 Å².